The van der Waals surface area contributed by atoms with E-state index in [0.29, 0.717) is 6.54 Å². The molecular weight excluding hydrogens is 244 g/mol. The van der Waals surface area contributed by atoms with Gasteiger partial charge < -0.3 is 5.32 Å². The molecule has 0 radical (unpaired) electrons. The summed E-state index contributed by atoms with van der Waals surface area (Å²) in [6.45, 7) is 2.75. The van der Waals surface area contributed by atoms with E-state index in [1.807, 2.05) is 17.0 Å². The summed E-state index contributed by atoms with van der Waals surface area (Å²) < 4.78 is 0. The highest BCUT2D eigenvalue weighted by molar-refractivity contribution is 7.07. The molecule has 0 unspecified atom stereocenters. The fraction of sp³-hybridized carbons (Fsp3) is 0.154. The molecule has 3 rings (SSSR count). The van der Waals surface area contributed by atoms with Gasteiger partial charge in [-0.05, 0) is 19.1 Å². The third-order valence-electron chi connectivity index (χ3n) is 2.71. The maximum absolute atomic E-state index is 4.30. The molecule has 4 nitrogen and oxygen atoms in total. The van der Waals surface area contributed by atoms with Crippen molar-refractivity contribution >= 4 is 28.1 Å². The van der Waals surface area contributed by atoms with Crippen LogP contribution in [0.3, 0.4) is 0 Å². The number of hydrogen-bond acceptors (Lipinski definition) is 5. The van der Waals surface area contributed by atoms with Crippen LogP contribution < -0.4 is 5.32 Å². The Morgan fingerprint density at radius 1 is 1.22 bits per heavy atom. The molecular formula is C13H12N4S. The van der Waals surface area contributed by atoms with Crippen LogP contribution in [0.2, 0.25) is 0 Å². The summed E-state index contributed by atoms with van der Waals surface area (Å²) in [5.41, 5.74) is 5.02. The average molecular weight is 256 g/mol. The Balaban J connectivity index is 1.93. The van der Waals surface area contributed by atoms with Gasteiger partial charge in [0.15, 0.2) is 0 Å². The molecule has 0 aliphatic carbocycles. The lowest BCUT2D eigenvalue weighted by molar-refractivity contribution is 1.05. The van der Waals surface area contributed by atoms with E-state index >= 15 is 0 Å². The van der Waals surface area contributed by atoms with Gasteiger partial charge in [0.1, 0.15) is 12.1 Å². The summed E-state index contributed by atoms with van der Waals surface area (Å²) in [4.78, 5) is 12.8. The highest BCUT2D eigenvalue weighted by atomic mass is 32.1. The van der Waals surface area contributed by atoms with Gasteiger partial charge >= 0.3 is 0 Å². The number of aromatic nitrogens is 3. The first-order chi connectivity index (χ1) is 8.83. The zero-order valence-electron chi connectivity index (χ0n) is 9.92. The molecule has 2 heterocycles. The number of nitrogens with zero attached hydrogens (tertiary/aromatic N) is 3. The standard InChI is InChI=1S/C13H12N4S/c1-9-2-3-12-11(4-9)13(16-7-15-12)14-5-10-6-18-8-17-10/h2-4,6-8H,5H2,1H3,(H,14,15,16). The van der Waals surface area contributed by atoms with E-state index < -0.39 is 0 Å². The van der Waals surface area contributed by atoms with Gasteiger partial charge in [0.2, 0.25) is 0 Å². The predicted molar refractivity (Wildman–Crippen MR) is 73.7 cm³/mol. The van der Waals surface area contributed by atoms with Crippen LogP contribution in [0.1, 0.15) is 11.3 Å². The normalized spacial score (nSPS) is 10.7. The summed E-state index contributed by atoms with van der Waals surface area (Å²) in [6, 6.07) is 6.17. The lowest BCUT2D eigenvalue weighted by atomic mass is 10.1. The zero-order valence-corrected chi connectivity index (χ0v) is 10.7. The number of benzene rings is 1. The molecule has 90 valence electrons. The smallest absolute Gasteiger partial charge is 0.137 e. The topological polar surface area (TPSA) is 50.7 Å². The van der Waals surface area contributed by atoms with Crippen molar-refractivity contribution in [2.45, 2.75) is 13.5 Å². The molecule has 2 aromatic heterocycles. The fourth-order valence-corrected chi connectivity index (χ4v) is 2.37. The molecule has 0 aliphatic rings. The molecule has 0 amide bonds. The molecule has 1 aromatic carbocycles. The zero-order chi connectivity index (χ0) is 12.4. The molecule has 0 spiro atoms. The van der Waals surface area contributed by atoms with E-state index in [9.17, 15) is 0 Å². The Kier molecular flexibility index (Phi) is 2.90. The van der Waals surface area contributed by atoms with Crippen molar-refractivity contribution in [1.82, 2.24) is 15.0 Å². The second-order valence-corrected chi connectivity index (χ2v) is 4.79. The molecule has 0 saturated heterocycles. The molecule has 0 saturated carbocycles. The van der Waals surface area contributed by atoms with E-state index in [-0.39, 0.29) is 0 Å². The van der Waals surface area contributed by atoms with Crippen LogP contribution in [0, 0.1) is 6.92 Å². The molecule has 0 fully saturated rings. The predicted octanol–water partition coefficient (Wildman–Crippen LogP) is 3.01. The first kappa shape index (κ1) is 11.1. The number of hydrogen-bond donors (Lipinski definition) is 1. The highest BCUT2D eigenvalue weighted by Gasteiger charge is 2.04. The van der Waals surface area contributed by atoms with Crippen molar-refractivity contribution < 1.29 is 0 Å². The van der Waals surface area contributed by atoms with Crippen LogP contribution >= 0.6 is 11.3 Å². The van der Waals surface area contributed by atoms with E-state index in [4.69, 9.17) is 0 Å². The number of rotatable bonds is 3. The number of aryl methyl sites for hydroxylation is 1. The van der Waals surface area contributed by atoms with E-state index in [1.165, 1.54) is 5.56 Å². The lowest BCUT2D eigenvalue weighted by Gasteiger charge is -2.07. The minimum absolute atomic E-state index is 0.684. The molecule has 3 aromatic rings. The SMILES string of the molecule is Cc1ccc2ncnc(NCc3cscn3)c2c1. The maximum Gasteiger partial charge on any atom is 0.137 e. The van der Waals surface area contributed by atoms with Gasteiger partial charge in [-0.15, -0.1) is 11.3 Å². The monoisotopic (exact) mass is 256 g/mol. The van der Waals surface area contributed by atoms with Gasteiger partial charge in [-0.25, -0.2) is 15.0 Å². The fourth-order valence-electron chi connectivity index (χ4n) is 1.81. The van der Waals surface area contributed by atoms with Crippen LogP contribution in [0.15, 0.2) is 35.4 Å². The average Bonchev–Trinajstić information content (AvgIpc) is 2.89. The van der Waals surface area contributed by atoms with Crippen molar-refractivity contribution in [3.05, 3.63) is 46.7 Å². The first-order valence-electron chi connectivity index (χ1n) is 5.65. The van der Waals surface area contributed by atoms with Crippen molar-refractivity contribution in [2.24, 2.45) is 0 Å². The van der Waals surface area contributed by atoms with Gasteiger partial charge in [-0.2, -0.15) is 0 Å². The quantitative estimate of drug-likeness (QED) is 0.782. The summed E-state index contributed by atoms with van der Waals surface area (Å²) in [5, 5.41) is 6.39. The van der Waals surface area contributed by atoms with E-state index in [2.05, 4.69) is 39.3 Å². The second-order valence-electron chi connectivity index (χ2n) is 4.08. The minimum Gasteiger partial charge on any atom is -0.364 e. The summed E-state index contributed by atoms with van der Waals surface area (Å²) in [5.74, 6) is 0.858. The Morgan fingerprint density at radius 3 is 3.00 bits per heavy atom. The van der Waals surface area contributed by atoms with Gasteiger partial charge in [-0.3, -0.25) is 0 Å². The third-order valence-corrected chi connectivity index (χ3v) is 3.35. The maximum atomic E-state index is 4.30. The molecule has 0 bridgehead atoms. The first-order valence-corrected chi connectivity index (χ1v) is 6.59. The Labute approximate surface area is 109 Å². The van der Waals surface area contributed by atoms with E-state index in [1.54, 1.807) is 17.7 Å². The highest BCUT2D eigenvalue weighted by Crippen LogP contribution is 2.20. The largest absolute Gasteiger partial charge is 0.364 e. The molecule has 0 aliphatic heterocycles. The second kappa shape index (κ2) is 4.70. The van der Waals surface area contributed by atoms with Crippen LogP contribution in [0.5, 0.6) is 0 Å². The Hall–Kier alpha value is -2.01. The van der Waals surface area contributed by atoms with Crippen LogP contribution in [0.4, 0.5) is 5.82 Å². The van der Waals surface area contributed by atoms with Crippen molar-refractivity contribution in [2.75, 3.05) is 5.32 Å². The third kappa shape index (κ3) is 2.17. The number of nitrogens with one attached hydrogen (secondary N) is 1. The molecule has 5 heteroatoms. The van der Waals surface area contributed by atoms with Crippen molar-refractivity contribution in [3.8, 4) is 0 Å². The summed E-state index contributed by atoms with van der Waals surface area (Å²) >= 11 is 1.60. The van der Waals surface area contributed by atoms with E-state index in [0.717, 1.165) is 22.4 Å². The number of fused-ring (bicyclic) bond motifs is 1. The lowest BCUT2D eigenvalue weighted by Crippen LogP contribution is -2.02. The van der Waals surface area contributed by atoms with Crippen LogP contribution in [-0.4, -0.2) is 15.0 Å². The van der Waals surface area contributed by atoms with Gasteiger partial charge in [-0.1, -0.05) is 11.6 Å². The van der Waals surface area contributed by atoms with Crippen LogP contribution in [-0.2, 0) is 6.54 Å². The minimum atomic E-state index is 0.684. The van der Waals surface area contributed by atoms with Crippen LogP contribution in [0.25, 0.3) is 10.9 Å². The molecule has 1 N–H and O–H groups in total. The Bertz CT molecular complexity index is 664. The number of thiazole rings is 1. The van der Waals surface area contributed by atoms with Crippen molar-refractivity contribution in [3.63, 3.8) is 0 Å². The number of anilines is 1. The Morgan fingerprint density at radius 2 is 2.17 bits per heavy atom. The summed E-state index contributed by atoms with van der Waals surface area (Å²) in [7, 11) is 0. The molecule has 0 atom stereocenters. The summed E-state index contributed by atoms with van der Waals surface area (Å²) in [6.07, 6.45) is 1.58. The molecule has 18 heavy (non-hydrogen) atoms. The van der Waals surface area contributed by atoms with Crippen molar-refractivity contribution in [1.29, 1.82) is 0 Å². The van der Waals surface area contributed by atoms with Gasteiger partial charge in [0.25, 0.3) is 0 Å². The van der Waals surface area contributed by atoms with Gasteiger partial charge in [0.05, 0.1) is 23.3 Å². The van der Waals surface area contributed by atoms with Gasteiger partial charge in [0, 0.05) is 10.8 Å².